The first-order chi connectivity index (χ1) is 11.6. The molecule has 134 valence electrons. The highest BCUT2D eigenvalue weighted by Gasteiger charge is 2.19. The van der Waals surface area contributed by atoms with Gasteiger partial charge in [-0.15, -0.1) is 0 Å². The fourth-order valence-corrected chi connectivity index (χ4v) is 3.01. The van der Waals surface area contributed by atoms with Gasteiger partial charge in [0.1, 0.15) is 0 Å². The molecular formula is C21H28N2O2. The molecule has 0 aliphatic heterocycles. The van der Waals surface area contributed by atoms with Gasteiger partial charge in [-0.05, 0) is 39.7 Å². The lowest BCUT2D eigenvalue weighted by Crippen LogP contribution is -2.18. The normalized spacial score (nSPS) is 12.1. The van der Waals surface area contributed by atoms with E-state index < -0.39 is 5.91 Å². The summed E-state index contributed by atoms with van der Waals surface area (Å²) in [5.74, 6) is -0.527. The molecule has 0 fully saturated rings. The minimum Gasteiger partial charge on any atom is -0.369 e. The number of carbonyl (C=O) groups is 2. The van der Waals surface area contributed by atoms with Gasteiger partial charge in [0.2, 0.25) is 11.8 Å². The minimum absolute atomic E-state index is 0.193. The van der Waals surface area contributed by atoms with E-state index in [1.54, 1.807) is 6.08 Å². The van der Waals surface area contributed by atoms with E-state index in [1.165, 1.54) is 6.08 Å². The SMILES string of the molecule is C=C/C(C(N)=O)=C(\C=C)c1cc(C(C)C)c(CC(N)=O)c(C(C)C)c1. The molecule has 0 saturated carbocycles. The number of primary amides is 2. The Labute approximate surface area is 150 Å². The monoisotopic (exact) mass is 340 g/mol. The first-order valence-corrected chi connectivity index (χ1v) is 8.38. The predicted octanol–water partition coefficient (Wildman–Crippen LogP) is 3.57. The van der Waals surface area contributed by atoms with Crippen molar-refractivity contribution in [1.82, 2.24) is 0 Å². The fraction of sp³-hybridized carbons (Fsp3) is 0.333. The van der Waals surface area contributed by atoms with Crippen molar-refractivity contribution in [3.8, 4) is 0 Å². The highest BCUT2D eigenvalue weighted by molar-refractivity contribution is 6.04. The number of amides is 2. The number of hydrogen-bond acceptors (Lipinski definition) is 2. The number of rotatable bonds is 8. The third-order valence-electron chi connectivity index (χ3n) is 4.19. The Morgan fingerprint density at radius 3 is 1.76 bits per heavy atom. The first kappa shape index (κ1) is 20.4. The zero-order chi connectivity index (χ0) is 19.3. The molecule has 1 aromatic carbocycles. The molecule has 1 rings (SSSR count). The Hall–Kier alpha value is -2.62. The second kappa shape index (κ2) is 8.47. The molecular weight excluding hydrogens is 312 g/mol. The van der Waals surface area contributed by atoms with E-state index in [0.717, 1.165) is 22.3 Å². The third kappa shape index (κ3) is 4.69. The molecule has 0 spiro atoms. The van der Waals surface area contributed by atoms with E-state index in [2.05, 4.69) is 40.9 Å². The molecule has 0 aliphatic carbocycles. The molecule has 2 amide bonds. The van der Waals surface area contributed by atoms with Crippen LogP contribution in [-0.2, 0) is 16.0 Å². The van der Waals surface area contributed by atoms with E-state index in [-0.39, 0.29) is 24.2 Å². The Balaban J connectivity index is 3.86. The molecule has 25 heavy (non-hydrogen) atoms. The molecule has 1 aromatic rings. The Morgan fingerprint density at radius 1 is 1.00 bits per heavy atom. The molecule has 0 atom stereocenters. The summed E-state index contributed by atoms with van der Waals surface area (Å²) in [5.41, 5.74) is 15.8. The van der Waals surface area contributed by atoms with Crippen molar-refractivity contribution in [2.45, 2.75) is 46.0 Å². The first-order valence-electron chi connectivity index (χ1n) is 8.38. The molecule has 0 bridgehead atoms. The minimum atomic E-state index is -0.552. The van der Waals surface area contributed by atoms with Crippen LogP contribution < -0.4 is 11.5 Å². The van der Waals surface area contributed by atoms with E-state index in [0.29, 0.717) is 11.1 Å². The van der Waals surface area contributed by atoms with Crippen LogP contribution in [0, 0.1) is 0 Å². The maximum Gasteiger partial charge on any atom is 0.249 e. The van der Waals surface area contributed by atoms with Crippen LogP contribution in [0.4, 0.5) is 0 Å². The van der Waals surface area contributed by atoms with Gasteiger partial charge in [-0.2, -0.15) is 0 Å². The van der Waals surface area contributed by atoms with Gasteiger partial charge in [0.15, 0.2) is 0 Å². The van der Waals surface area contributed by atoms with Crippen molar-refractivity contribution in [2.75, 3.05) is 0 Å². The van der Waals surface area contributed by atoms with Crippen molar-refractivity contribution in [3.05, 3.63) is 65.3 Å². The van der Waals surface area contributed by atoms with E-state index >= 15 is 0 Å². The van der Waals surface area contributed by atoms with Crippen molar-refractivity contribution in [3.63, 3.8) is 0 Å². The maximum absolute atomic E-state index is 11.7. The average Bonchev–Trinajstić information content (AvgIpc) is 2.51. The highest BCUT2D eigenvalue weighted by Crippen LogP contribution is 2.33. The lowest BCUT2D eigenvalue weighted by molar-refractivity contribution is -0.117. The number of hydrogen-bond donors (Lipinski definition) is 2. The summed E-state index contributed by atoms with van der Waals surface area (Å²) < 4.78 is 0. The molecule has 0 unspecified atom stereocenters. The van der Waals surface area contributed by atoms with Gasteiger partial charge < -0.3 is 11.5 Å². The van der Waals surface area contributed by atoms with E-state index in [9.17, 15) is 9.59 Å². The van der Waals surface area contributed by atoms with Crippen LogP contribution in [0.15, 0.2) is 43.0 Å². The Bertz CT molecular complexity index is 711. The Morgan fingerprint density at radius 2 is 1.48 bits per heavy atom. The van der Waals surface area contributed by atoms with Gasteiger partial charge in [-0.1, -0.05) is 65.1 Å². The van der Waals surface area contributed by atoms with Gasteiger partial charge in [0.25, 0.3) is 0 Å². The maximum atomic E-state index is 11.7. The summed E-state index contributed by atoms with van der Waals surface area (Å²) in [6.45, 7) is 15.8. The molecule has 0 aromatic heterocycles. The summed E-state index contributed by atoms with van der Waals surface area (Å²) >= 11 is 0. The van der Waals surface area contributed by atoms with Crippen LogP contribution in [0.3, 0.4) is 0 Å². The topological polar surface area (TPSA) is 86.2 Å². The smallest absolute Gasteiger partial charge is 0.249 e. The fourth-order valence-electron chi connectivity index (χ4n) is 3.01. The Kier molecular flexibility index (Phi) is 6.92. The van der Waals surface area contributed by atoms with Crippen LogP contribution in [0.25, 0.3) is 5.57 Å². The zero-order valence-corrected chi connectivity index (χ0v) is 15.6. The van der Waals surface area contributed by atoms with Crippen molar-refractivity contribution in [2.24, 2.45) is 11.5 Å². The van der Waals surface area contributed by atoms with Gasteiger partial charge >= 0.3 is 0 Å². The van der Waals surface area contributed by atoms with Crippen LogP contribution in [0.5, 0.6) is 0 Å². The molecule has 4 nitrogen and oxygen atoms in total. The number of carbonyl (C=O) groups excluding carboxylic acids is 2. The lowest BCUT2D eigenvalue weighted by atomic mass is 9.83. The predicted molar refractivity (Wildman–Crippen MR) is 104 cm³/mol. The molecule has 4 N–H and O–H groups in total. The van der Waals surface area contributed by atoms with Gasteiger partial charge in [-0.3, -0.25) is 9.59 Å². The highest BCUT2D eigenvalue weighted by atomic mass is 16.1. The summed E-state index contributed by atoms with van der Waals surface area (Å²) in [4.78, 5) is 23.3. The van der Waals surface area contributed by atoms with Crippen LogP contribution in [0.2, 0.25) is 0 Å². The molecule has 0 aliphatic rings. The summed E-state index contributed by atoms with van der Waals surface area (Å²) in [6, 6.07) is 3.97. The lowest BCUT2D eigenvalue weighted by Gasteiger charge is -2.22. The molecule has 0 heterocycles. The number of benzene rings is 1. The second-order valence-corrected chi connectivity index (χ2v) is 6.69. The van der Waals surface area contributed by atoms with Gasteiger partial charge in [0.05, 0.1) is 6.42 Å². The van der Waals surface area contributed by atoms with Crippen LogP contribution in [0.1, 0.15) is 61.8 Å². The largest absolute Gasteiger partial charge is 0.369 e. The molecule has 0 radical (unpaired) electrons. The second-order valence-electron chi connectivity index (χ2n) is 6.69. The summed E-state index contributed by atoms with van der Waals surface area (Å²) in [5, 5.41) is 0. The number of nitrogens with two attached hydrogens (primary N) is 2. The molecule has 4 heteroatoms. The van der Waals surface area contributed by atoms with Crippen molar-refractivity contribution in [1.29, 1.82) is 0 Å². The summed E-state index contributed by atoms with van der Waals surface area (Å²) in [6.07, 6.45) is 3.25. The number of allylic oxidation sites excluding steroid dienone is 2. The van der Waals surface area contributed by atoms with Crippen LogP contribution >= 0.6 is 0 Å². The zero-order valence-electron chi connectivity index (χ0n) is 15.6. The molecule has 0 saturated heterocycles. The summed E-state index contributed by atoms with van der Waals surface area (Å²) in [7, 11) is 0. The van der Waals surface area contributed by atoms with Gasteiger partial charge in [-0.25, -0.2) is 0 Å². The standard InChI is InChI=1S/C21H28N2O2/c1-7-15(16(8-2)21(23)25)14-9-17(12(3)4)19(11-20(22)24)18(10-14)13(5)6/h7-10,12-13H,1-2,11H2,3-6H3,(H2,22,24)(H2,23,25)/b16-15-. The van der Waals surface area contributed by atoms with Crippen LogP contribution in [-0.4, -0.2) is 11.8 Å². The van der Waals surface area contributed by atoms with E-state index in [1.807, 2.05) is 12.1 Å². The average molecular weight is 340 g/mol. The van der Waals surface area contributed by atoms with E-state index in [4.69, 9.17) is 11.5 Å². The van der Waals surface area contributed by atoms with Crippen molar-refractivity contribution < 1.29 is 9.59 Å². The quantitative estimate of drug-likeness (QED) is 0.560. The van der Waals surface area contributed by atoms with Gasteiger partial charge in [0, 0.05) is 5.57 Å². The third-order valence-corrected chi connectivity index (χ3v) is 4.19. The van der Waals surface area contributed by atoms with Crippen molar-refractivity contribution >= 4 is 17.4 Å².